The van der Waals surface area contributed by atoms with E-state index in [1.807, 2.05) is 25.7 Å². The second-order valence-electron chi connectivity index (χ2n) is 8.37. The molecule has 0 radical (unpaired) electrons. The first-order valence-corrected chi connectivity index (χ1v) is 7.97. The maximum atomic E-state index is 12.2. The fraction of sp³-hybridized carbons (Fsp3) is 0.941. The second kappa shape index (κ2) is 6.93. The molecule has 1 aliphatic heterocycles. The Morgan fingerprint density at radius 2 is 1.65 bits per heavy atom. The minimum Gasteiger partial charge on any atom is -0.381 e. The van der Waals surface area contributed by atoms with Gasteiger partial charge in [0.1, 0.15) is 0 Å². The molecule has 1 saturated heterocycles. The van der Waals surface area contributed by atoms with Crippen LogP contribution >= 0.6 is 0 Å². The highest BCUT2D eigenvalue weighted by molar-refractivity contribution is 5.81. The van der Waals surface area contributed by atoms with Gasteiger partial charge in [-0.1, -0.05) is 41.5 Å². The number of piperidine rings is 1. The van der Waals surface area contributed by atoms with E-state index < -0.39 is 0 Å². The van der Waals surface area contributed by atoms with Gasteiger partial charge in [-0.05, 0) is 30.6 Å². The predicted molar refractivity (Wildman–Crippen MR) is 83.7 cm³/mol. The molecule has 0 saturated carbocycles. The van der Waals surface area contributed by atoms with E-state index in [0.717, 1.165) is 45.6 Å². The van der Waals surface area contributed by atoms with Crippen LogP contribution in [0, 0.1) is 16.7 Å². The topological polar surface area (TPSA) is 29.5 Å². The molecule has 20 heavy (non-hydrogen) atoms. The van der Waals surface area contributed by atoms with Crippen molar-refractivity contribution in [1.82, 2.24) is 4.90 Å². The standard InChI is InChI=1S/C17H33NO2/c1-16(2,3)9-12-20-13-14-7-10-18(11-8-14)15(19)17(4,5)6/h14H,7-13H2,1-6H3. The summed E-state index contributed by atoms with van der Waals surface area (Å²) in [6.45, 7) is 16.2. The normalized spacial score (nSPS) is 18.4. The van der Waals surface area contributed by atoms with Gasteiger partial charge < -0.3 is 9.64 Å². The number of amides is 1. The number of hydrogen-bond acceptors (Lipinski definition) is 2. The molecule has 1 fully saturated rings. The maximum absolute atomic E-state index is 12.2. The number of carbonyl (C=O) groups is 1. The summed E-state index contributed by atoms with van der Waals surface area (Å²) in [6, 6.07) is 0. The Morgan fingerprint density at radius 3 is 2.10 bits per heavy atom. The molecular formula is C17H33NO2. The lowest BCUT2D eigenvalue weighted by atomic mass is 9.91. The van der Waals surface area contributed by atoms with Crippen molar-refractivity contribution in [2.24, 2.45) is 16.7 Å². The zero-order valence-electron chi connectivity index (χ0n) is 14.3. The first kappa shape index (κ1) is 17.5. The van der Waals surface area contributed by atoms with Crippen LogP contribution in [-0.4, -0.2) is 37.1 Å². The Kier molecular flexibility index (Phi) is 6.06. The summed E-state index contributed by atoms with van der Waals surface area (Å²) in [5.74, 6) is 0.906. The number of ether oxygens (including phenoxy) is 1. The maximum Gasteiger partial charge on any atom is 0.227 e. The lowest BCUT2D eigenvalue weighted by molar-refractivity contribution is -0.141. The quantitative estimate of drug-likeness (QED) is 0.736. The SMILES string of the molecule is CC(C)(C)CCOCC1CCN(C(=O)C(C)(C)C)CC1. The molecule has 0 bridgehead atoms. The van der Waals surface area contributed by atoms with Crippen LogP contribution in [0.2, 0.25) is 0 Å². The highest BCUT2D eigenvalue weighted by Gasteiger charge is 2.30. The average Bonchev–Trinajstić information content (AvgIpc) is 2.32. The molecule has 0 atom stereocenters. The number of likely N-dealkylation sites (tertiary alicyclic amines) is 1. The van der Waals surface area contributed by atoms with Crippen LogP contribution < -0.4 is 0 Å². The van der Waals surface area contributed by atoms with Gasteiger partial charge in [0.2, 0.25) is 5.91 Å². The van der Waals surface area contributed by atoms with Crippen LogP contribution in [0.25, 0.3) is 0 Å². The Morgan fingerprint density at radius 1 is 1.10 bits per heavy atom. The van der Waals surface area contributed by atoms with E-state index in [0.29, 0.717) is 11.3 Å². The van der Waals surface area contributed by atoms with Gasteiger partial charge >= 0.3 is 0 Å². The third-order valence-corrected chi connectivity index (χ3v) is 3.89. The third-order valence-electron chi connectivity index (χ3n) is 3.89. The van der Waals surface area contributed by atoms with Crippen molar-refractivity contribution in [2.45, 2.75) is 60.8 Å². The van der Waals surface area contributed by atoms with Crippen LogP contribution in [0.1, 0.15) is 60.8 Å². The van der Waals surface area contributed by atoms with Crippen LogP contribution in [0.3, 0.4) is 0 Å². The molecule has 118 valence electrons. The summed E-state index contributed by atoms with van der Waals surface area (Å²) >= 11 is 0. The lowest BCUT2D eigenvalue weighted by Gasteiger charge is -2.35. The van der Waals surface area contributed by atoms with Crippen molar-refractivity contribution in [1.29, 1.82) is 0 Å². The van der Waals surface area contributed by atoms with Crippen molar-refractivity contribution in [3.8, 4) is 0 Å². The Bertz CT molecular complexity index is 304. The Labute approximate surface area is 125 Å². The van der Waals surface area contributed by atoms with Gasteiger partial charge in [-0.15, -0.1) is 0 Å². The summed E-state index contributed by atoms with van der Waals surface area (Å²) in [7, 11) is 0. The number of rotatable bonds is 4. The fourth-order valence-corrected chi connectivity index (χ4v) is 2.41. The summed E-state index contributed by atoms with van der Waals surface area (Å²) in [4.78, 5) is 14.2. The van der Waals surface area contributed by atoms with E-state index >= 15 is 0 Å². The van der Waals surface area contributed by atoms with Gasteiger partial charge in [-0.2, -0.15) is 0 Å². The molecule has 0 aromatic heterocycles. The lowest BCUT2D eigenvalue weighted by Crippen LogP contribution is -2.44. The minimum atomic E-state index is -0.254. The molecular weight excluding hydrogens is 250 g/mol. The van der Waals surface area contributed by atoms with Crippen LogP contribution in [-0.2, 0) is 9.53 Å². The van der Waals surface area contributed by atoms with E-state index in [-0.39, 0.29) is 11.3 Å². The van der Waals surface area contributed by atoms with Crippen molar-refractivity contribution in [3.63, 3.8) is 0 Å². The summed E-state index contributed by atoms with van der Waals surface area (Å²) in [6.07, 6.45) is 3.27. The molecule has 0 aromatic carbocycles. The van der Waals surface area contributed by atoms with E-state index in [9.17, 15) is 4.79 Å². The molecule has 3 nitrogen and oxygen atoms in total. The highest BCUT2D eigenvalue weighted by Crippen LogP contribution is 2.24. The Hall–Kier alpha value is -0.570. The smallest absolute Gasteiger partial charge is 0.227 e. The molecule has 3 heteroatoms. The van der Waals surface area contributed by atoms with Gasteiger partial charge in [-0.25, -0.2) is 0 Å². The first-order chi connectivity index (χ1) is 9.09. The average molecular weight is 283 g/mol. The largest absolute Gasteiger partial charge is 0.381 e. The molecule has 1 rings (SSSR count). The van der Waals surface area contributed by atoms with E-state index in [4.69, 9.17) is 4.74 Å². The van der Waals surface area contributed by atoms with Crippen molar-refractivity contribution >= 4 is 5.91 Å². The zero-order chi connectivity index (χ0) is 15.4. The van der Waals surface area contributed by atoms with Crippen LogP contribution in [0.5, 0.6) is 0 Å². The molecule has 1 heterocycles. The molecule has 0 aromatic rings. The van der Waals surface area contributed by atoms with Crippen molar-refractivity contribution in [2.75, 3.05) is 26.3 Å². The Balaban J connectivity index is 2.21. The van der Waals surface area contributed by atoms with Gasteiger partial charge in [0.25, 0.3) is 0 Å². The number of nitrogens with zero attached hydrogens (tertiary/aromatic N) is 1. The van der Waals surface area contributed by atoms with Gasteiger partial charge in [-0.3, -0.25) is 4.79 Å². The molecule has 0 unspecified atom stereocenters. The molecule has 0 spiro atoms. The summed E-state index contributed by atoms with van der Waals surface area (Å²) < 4.78 is 5.81. The van der Waals surface area contributed by atoms with E-state index in [1.165, 1.54) is 0 Å². The van der Waals surface area contributed by atoms with Crippen molar-refractivity contribution < 1.29 is 9.53 Å². The molecule has 0 aliphatic carbocycles. The van der Waals surface area contributed by atoms with Crippen LogP contribution in [0.4, 0.5) is 0 Å². The molecule has 1 aliphatic rings. The van der Waals surface area contributed by atoms with Crippen molar-refractivity contribution in [3.05, 3.63) is 0 Å². The van der Waals surface area contributed by atoms with Gasteiger partial charge in [0, 0.05) is 31.7 Å². The van der Waals surface area contributed by atoms with Crippen LogP contribution in [0.15, 0.2) is 0 Å². The summed E-state index contributed by atoms with van der Waals surface area (Å²) in [5, 5.41) is 0. The summed E-state index contributed by atoms with van der Waals surface area (Å²) in [5.41, 5.74) is 0.0958. The molecule has 1 amide bonds. The monoisotopic (exact) mass is 283 g/mol. The minimum absolute atomic E-state index is 0.254. The highest BCUT2D eigenvalue weighted by atomic mass is 16.5. The van der Waals surface area contributed by atoms with E-state index in [1.54, 1.807) is 0 Å². The van der Waals surface area contributed by atoms with Gasteiger partial charge in [0.15, 0.2) is 0 Å². The first-order valence-electron chi connectivity index (χ1n) is 7.97. The third kappa shape index (κ3) is 6.25. The van der Waals surface area contributed by atoms with E-state index in [2.05, 4.69) is 20.8 Å². The second-order valence-corrected chi connectivity index (χ2v) is 8.37. The molecule has 0 N–H and O–H groups in total. The van der Waals surface area contributed by atoms with Gasteiger partial charge in [0.05, 0.1) is 0 Å². The number of carbonyl (C=O) groups excluding carboxylic acids is 1. The number of hydrogen-bond donors (Lipinski definition) is 0. The fourth-order valence-electron chi connectivity index (χ4n) is 2.41. The predicted octanol–water partition coefficient (Wildman–Crippen LogP) is 3.72. The zero-order valence-corrected chi connectivity index (χ0v) is 14.3.